The third-order valence-electron chi connectivity index (χ3n) is 1.81. The molecule has 0 saturated heterocycles. The van der Waals surface area contributed by atoms with Crippen LogP contribution in [0, 0.1) is 11.3 Å². The van der Waals surface area contributed by atoms with E-state index < -0.39 is 0 Å². The van der Waals surface area contributed by atoms with Gasteiger partial charge in [0, 0.05) is 5.39 Å². The Morgan fingerprint density at radius 1 is 1.31 bits per heavy atom. The van der Waals surface area contributed by atoms with E-state index >= 15 is 0 Å². The van der Waals surface area contributed by atoms with Crippen molar-refractivity contribution in [2.45, 2.75) is 0 Å². The summed E-state index contributed by atoms with van der Waals surface area (Å²) < 4.78 is 0.697. The van der Waals surface area contributed by atoms with Crippen molar-refractivity contribution in [2.24, 2.45) is 0 Å². The van der Waals surface area contributed by atoms with Crippen molar-refractivity contribution in [1.29, 1.82) is 5.26 Å². The Balaban J connectivity index is 2.91. The molecule has 2 aromatic rings. The third-order valence-corrected chi connectivity index (χ3v) is 2.21. The molecule has 13 heavy (non-hydrogen) atoms. The Morgan fingerprint density at radius 3 is 2.85 bits per heavy atom. The molecule has 2 nitrogen and oxygen atoms in total. The van der Waals surface area contributed by atoms with Gasteiger partial charge < -0.3 is 0 Å². The van der Waals surface area contributed by atoms with Crippen molar-refractivity contribution < 1.29 is 0 Å². The van der Waals surface area contributed by atoms with Crippen LogP contribution in [0.1, 0.15) is 5.56 Å². The van der Waals surface area contributed by atoms with Crippen LogP contribution in [0.3, 0.4) is 0 Å². The number of pyridine rings is 1. The van der Waals surface area contributed by atoms with E-state index in [9.17, 15) is 0 Å². The van der Waals surface area contributed by atoms with Crippen LogP contribution in [-0.4, -0.2) is 4.98 Å². The summed E-state index contributed by atoms with van der Waals surface area (Å²) in [6, 6.07) is 11.5. The van der Waals surface area contributed by atoms with Crippen LogP contribution in [0.2, 0.25) is 0 Å². The van der Waals surface area contributed by atoms with Crippen molar-refractivity contribution in [3.8, 4) is 6.07 Å². The first kappa shape index (κ1) is 8.21. The number of halogens is 1. The van der Waals surface area contributed by atoms with E-state index in [4.69, 9.17) is 5.26 Å². The summed E-state index contributed by atoms with van der Waals surface area (Å²) in [4.78, 5) is 4.25. The van der Waals surface area contributed by atoms with Crippen LogP contribution in [0.25, 0.3) is 10.9 Å². The van der Waals surface area contributed by atoms with Crippen LogP contribution < -0.4 is 0 Å². The molecule has 0 radical (unpaired) electrons. The number of rotatable bonds is 0. The Morgan fingerprint density at radius 2 is 2.08 bits per heavy atom. The zero-order chi connectivity index (χ0) is 9.26. The topological polar surface area (TPSA) is 36.7 Å². The number of para-hydroxylation sites is 1. The molecule has 2 rings (SSSR count). The summed E-state index contributed by atoms with van der Waals surface area (Å²) in [5, 5.41) is 9.76. The SMILES string of the molecule is N#Cc1cc(Br)nc2ccccc12. The molecular formula is C10H5BrN2. The van der Waals surface area contributed by atoms with E-state index in [0.717, 1.165) is 10.9 Å². The standard InChI is InChI=1S/C10H5BrN2/c11-10-5-7(6-12)8-3-1-2-4-9(8)13-10/h1-5H. The number of nitrogens with zero attached hydrogens (tertiary/aromatic N) is 2. The summed E-state index contributed by atoms with van der Waals surface area (Å²) in [6.45, 7) is 0. The molecule has 62 valence electrons. The Labute approximate surface area is 84.0 Å². The van der Waals surface area contributed by atoms with E-state index in [-0.39, 0.29) is 0 Å². The number of hydrogen-bond donors (Lipinski definition) is 0. The summed E-state index contributed by atoms with van der Waals surface area (Å²) in [7, 11) is 0. The minimum absolute atomic E-state index is 0.650. The van der Waals surface area contributed by atoms with Gasteiger partial charge in [0.2, 0.25) is 0 Å². The highest BCUT2D eigenvalue weighted by Crippen LogP contribution is 2.19. The van der Waals surface area contributed by atoms with Gasteiger partial charge in [-0.05, 0) is 28.1 Å². The van der Waals surface area contributed by atoms with E-state index in [0.29, 0.717) is 10.2 Å². The lowest BCUT2D eigenvalue weighted by Gasteiger charge is -1.99. The molecule has 0 spiro atoms. The van der Waals surface area contributed by atoms with E-state index in [2.05, 4.69) is 27.0 Å². The Hall–Kier alpha value is -1.40. The minimum atomic E-state index is 0.650. The quantitative estimate of drug-likeness (QED) is 0.656. The molecule has 1 aromatic carbocycles. The van der Waals surface area contributed by atoms with Gasteiger partial charge in [0.25, 0.3) is 0 Å². The highest BCUT2D eigenvalue weighted by molar-refractivity contribution is 9.10. The molecular weight excluding hydrogens is 228 g/mol. The average Bonchev–Trinajstić information content (AvgIpc) is 2.16. The van der Waals surface area contributed by atoms with Crippen LogP contribution in [0.4, 0.5) is 0 Å². The van der Waals surface area contributed by atoms with Gasteiger partial charge in [-0.3, -0.25) is 0 Å². The summed E-state index contributed by atoms with van der Waals surface area (Å²) in [5.74, 6) is 0. The number of nitriles is 1. The zero-order valence-corrected chi connectivity index (χ0v) is 8.25. The molecule has 0 aliphatic rings. The number of fused-ring (bicyclic) bond motifs is 1. The lowest BCUT2D eigenvalue weighted by atomic mass is 10.1. The van der Waals surface area contributed by atoms with Gasteiger partial charge in [-0.15, -0.1) is 0 Å². The molecule has 0 aliphatic carbocycles. The highest BCUT2D eigenvalue weighted by Gasteiger charge is 2.01. The highest BCUT2D eigenvalue weighted by atomic mass is 79.9. The van der Waals surface area contributed by atoms with Crippen molar-refractivity contribution in [3.63, 3.8) is 0 Å². The molecule has 0 bridgehead atoms. The first-order valence-electron chi connectivity index (χ1n) is 3.76. The number of aromatic nitrogens is 1. The van der Waals surface area contributed by atoms with Gasteiger partial charge in [-0.1, -0.05) is 18.2 Å². The minimum Gasteiger partial charge on any atom is -0.241 e. The molecule has 0 fully saturated rings. The lowest BCUT2D eigenvalue weighted by molar-refractivity contribution is 1.34. The molecule has 3 heteroatoms. The monoisotopic (exact) mass is 232 g/mol. The summed E-state index contributed by atoms with van der Waals surface area (Å²) >= 11 is 3.26. The van der Waals surface area contributed by atoms with E-state index in [1.54, 1.807) is 6.07 Å². The van der Waals surface area contributed by atoms with Gasteiger partial charge >= 0.3 is 0 Å². The molecule has 0 unspecified atom stereocenters. The van der Waals surface area contributed by atoms with Crippen LogP contribution in [-0.2, 0) is 0 Å². The molecule has 0 amide bonds. The third kappa shape index (κ3) is 1.41. The smallest absolute Gasteiger partial charge is 0.108 e. The lowest BCUT2D eigenvalue weighted by Crippen LogP contribution is -1.84. The molecule has 0 saturated carbocycles. The molecule has 1 heterocycles. The van der Waals surface area contributed by atoms with E-state index in [1.165, 1.54) is 0 Å². The van der Waals surface area contributed by atoms with Crippen molar-refractivity contribution in [2.75, 3.05) is 0 Å². The second-order valence-electron chi connectivity index (χ2n) is 2.62. The maximum Gasteiger partial charge on any atom is 0.108 e. The van der Waals surface area contributed by atoms with E-state index in [1.807, 2.05) is 24.3 Å². The number of hydrogen-bond acceptors (Lipinski definition) is 2. The van der Waals surface area contributed by atoms with Crippen LogP contribution >= 0.6 is 15.9 Å². The zero-order valence-electron chi connectivity index (χ0n) is 6.66. The molecule has 1 aromatic heterocycles. The van der Waals surface area contributed by atoms with Gasteiger partial charge in [-0.25, -0.2) is 4.98 Å². The largest absolute Gasteiger partial charge is 0.241 e. The Kier molecular flexibility index (Phi) is 1.99. The summed E-state index contributed by atoms with van der Waals surface area (Å²) in [6.07, 6.45) is 0. The van der Waals surface area contributed by atoms with Crippen molar-refractivity contribution in [1.82, 2.24) is 4.98 Å². The van der Waals surface area contributed by atoms with Gasteiger partial charge in [-0.2, -0.15) is 5.26 Å². The fourth-order valence-corrected chi connectivity index (χ4v) is 1.66. The Bertz CT molecular complexity index is 500. The normalized spacial score (nSPS) is 9.85. The molecule has 0 aliphatic heterocycles. The van der Waals surface area contributed by atoms with Crippen LogP contribution in [0.5, 0.6) is 0 Å². The second-order valence-corrected chi connectivity index (χ2v) is 3.43. The number of benzene rings is 1. The second kappa shape index (κ2) is 3.15. The maximum atomic E-state index is 8.86. The fraction of sp³-hybridized carbons (Fsp3) is 0. The molecule has 0 atom stereocenters. The van der Waals surface area contributed by atoms with Crippen molar-refractivity contribution in [3.05, 3.63) is 40.5 Å². The molecule has 0 N–H and O–H groups in total. The first-order chi connectivity index (χ1) is 6.31. The maximum absolute atomic E-state index is 8.86. The van der Waals surface area contributed by atoms with Crippen LogP contribution in [0.15, 0.2) is 34.9 Å². The fourth-order valence-electron chi connectivity index (χ4n) is 1.24. The van der Waals surface area contributed by atoms with Gasteiger partial charge in [0.1, 0.15) is 4.60 Å². The predicted octanol–water partition coefficient (Wildman–Crippen LogP) is 2.87. The van der Waals surface area contributed by atoms with Gasteiger partial charge in [0.05, 0.1) is 17.1 Å². The summed E-state index contributed by atoms with van der Waals surface area (Å²) in [5.41, 5.74) is 1.49. The predicted molar refractivity (Wildman–Crippen MR) is 54.2 cm³/mol. The van der Waals surface area contributed by atoms with Gasteiger partial charge in [0.15, 0.2) is 0 Å². The first-order valence-corrected chi connectivity index (χ1v) is 4.56. The average molecular weight is 233 g/mol. The van der Waals surface area contributed by atoms with Crippen molar-refractivity contribution >= 4 is 26.8 Å².